The van der Waals surface area contributed by atoms with E-state index >= 15 is 0 Å². The van der Waals surface area contributed by atoms with Crippen LogP contribution in [-0.2, 0) is 4.74 Å². The highest BCUT2D eigenvalue weighted by atomic mass is 32.2. The summed E-state index contributed by atoms with van der Waals surface area (Å²) < 4.78 is 5.54. The van der Waals surface area contributed by atoms with Crippen LogP contribution in [0, 0.1) is 0 Å². The van der Waals surface area contributed by atoms with Gasteiger partial charge in [0.25, 0.3) is 0 Å². The van der Waals surface area contributed by atoms with Crippen molar-refractivity contribution in [2.75, 3.05) is 18.1 Å². The molecule has 9 heavy (non-hydrogen) atoms. The Morgan fingerprint density at radius 3 is 2.56 bits per heavy atom. The van der Waals surface area contributed by atoms with Crippen LogP contribution in [-0.4, -0.2) is 23.7 Å². The Labute approximate surface area is 60.2 Å². The summed E-state index contributed by atoms with van der Waals surface area (Å²) in [7, 11) is 0. The lowest BCUT2D eigenvalue weighted by Crippen LogP contribution is -2.47. The van der Waals surface area contributed by atoms with E-state index in [0.29, 0.717) is 5.60 Å². The van der Waals surface area contributed by atoms with Crippen molar-refractivity contribution in [1.82, 2.24) is 0 Å². The maximum absolute atomic E-state index is 5.54. The van der Waals surface area contributed by atoms with Crippen LogP contribution >= 0.6 is 11.8 Å². The summed E-state index contributed by atoms with van der Waals surface area (Å²) in [6, 6.07) is 0. The molecule has 0 aromatic carbocycles. The molecular weight excluding hydrogens is 132 g/mol. The minimum Gasteiger partial charge on any atom is -0.374 e. The molecule has 52 valence electrons. The Bertz CT molecular complexity index is 101. The fourth-order valence-corrected chi connectivity index (χ4v) is 2.77. The van der Waals surface area contributed by atoms with Gasteiger partial charge in [0.2, 0.25) is 0 Å². The molecule has 1 atom stereocenters. The second-order valence-corrected chi connectivity index (χ2v) is 4.04. The molecule has 0 radical (unpaired) electrons. The van der Waals surface area contributed by atoms with Crippen molar-refractivity contribution in [2.24, 2.45) is 0 Å². The molecule has 2 heteroatoms. The van der Waals surface area contributed by atoms with Gasteiger partial charge in [-0.05, 0) is 18.6 Å². The zero-order valence-electron chi connectivity index (χ0n) is 5.56. The molecule has 0 aromatic heterocycles. The minimum absolute atomic E-state index is 0.364. The van der Waals surface area contributed by atoms with Crippen LogP contribution in [0.3, 0.4) is 0 Å². The molecular formula is C7H12OS. The van der Waals surface area contributed by atoms with Gasteiger partial charge in [0.15, 0.2) is 0 Å². The quantitative estimate of drug-likeness (QED) is 0.511. The molecule has 2 aliphatic heterocycles. The third-order valence-electron chi connectivity index (χ3n) is 2.25. The van der Waals surface area contributed by atoms with E-state index < -0.39 is 0 Å². The van der Waals surface area contributed by atoms with E-state index in [1.165, 1.54) is 30.8 Å². The lowest BCUT2D eigenvalue weighted by atomic mass is 9.91. The van der Waals surface area contributed by atoms with Crippen LogP contribution in [0.1, 0.15) is 19.3 Å². The van der Waals surface area contributed by atoms with Crippen molar-refractivity contribution in [3.8, 4) is 0 Å². The molecule has 0 bridgehead atoms. The van der Waals surface area contributed by atoms with E-state index in [1.807, 2.05) is 0 Å². The monoisotopic (exact) mass is 144 g/mol. The van der Waals surface area contributed by atoms with Crippen LogP contribution in [0.4, 0.5) is 0 Å². The molecule has 1 nitrogen and oxygen atoms in total. The first-order chi connectivity index (χ1) is 4.41. The average molecular weight is 144 g/mol. The largest absolute Gasteiger partial charge is 0.374 e. The topological polar surface area (TPSA) is 9.23 Å². The van der Waals surface area contributed by atoms with Crippen molar-refractivity contribution in [3.05, 3.63) is 0 Å². The fraction of sp³-hybridized carbons (Fsp3) is 1.00. The molecule has 2 rings (SSSR count). The number of rotatable bonds is 0. The first kappa shape index (κ1) is 6.05. The van der Waals surface area contributed by atoms with Crippen LogP contribution in [0.2, 0.25) is 0 Å². The zero-order chi connectivity index (χ0) is 6.16. The zero-order valence-corrected chi connectivity index (χ0v) is 6.38. The van der Waals surface area contributed by atoms with Gasteiger partial charge in [0.1, 0.15) is 0 Å². The fourth-order valence-electron chi connectivity index (χ4n) is 1.53. The molecule has 1 spiro atoms. The molecule has 2 saturated heterocycles. The minimum atomic E-state index is 0.364. The second kappa shape index (κ2) is 2.17. The summed E-state index contributed by atoms with van der Waals surface area (Å²) in [5, 5.41) is 0. The Balaban J connectivity index is 1.93. The lowest BCUT2D eigenvalue weighted by Gasteiger charge is -2.44. The lowest BCUT2D eigenvalue weighted by molar-refractivity contribution is -0.136. The maximum atomic E-state index is 5.54. The Morgan fingerprint density at radius 1 is 1.33 bits per heavy atom. The van der Waals surface area contributed by atoms with Crippen LogP contribution in [0.5, 0.6) is 0 Å². The molecule has 0 aliphatic carbocycles. The SMILES string of the molecule is C1CSCC2(C1)CCO2. The Hall–Kier alpha value is 0.310. The molecule has 0 N–H and O–H groups in total. The van der Waals surface area contributed by atoms with E-state index in [1.54, 1.807) is 0 Å². The van der Waals surface area contributed by atoms with Crippen LogP contribution in [0.15, 0.2) is 0 Å². The Morgan fingerprint density at radius 2 is 2.22 bits per heavy atom. The molecule has 1 unspecified atom stereocenters. The first-order valence-corrected chi connectivity index (χ1v) is 4.79. The van der Waals surface area contributed by atoms with Gasteiger partial charge in [0.05, 0.1) is 12.2 Å². The van der Waals surface area contributed by atoms with Gasteiger partial charge >= 0.3 is 0 Å². The molecule has 2 fully saturated rings. The highest BCUT2D eigenvalue weighted by Crippen LogP contribution is 2.38. The second-order valence-electron chi connectivity index (χ2n) is 2.94. The van der Waals surface area contributed by atoms with Gasteiger partial charge < -0.3 is 4.74 Å². The van der Waals surface area contributed by atoms with E-state index in [4.69, 9.17) is 4.74 Å². The Kier molecular flexibility index (Phi) is 1.46. The number of hydrogen-bond donors (Lipinski definition) is 0. The van der Waals surface area contributed by atoms with Gasteiger partial charge in [-0.1, -0.05) is 0 Å². The van der Waals surface area contributed by atoms with Crippen LogP contribution in [0.25, 0.3) is 0 Å². The summed E-state index contributed by atoms with van der Waals surface area (Å²) >= 11 is 2.05. The molecule has 0 aromatic rings. The third kappa shape index (κ3) is 0.987. The maximum Gasteiger partial charge on any atom is 0.0794 e. The van der Waals surface area contributed by atoms with Crippen molar-refractivity contribution in [2.45, 2.75) is 24.9 Å². The summed E-state index contributed by atoms with van der Waals surface area (Å²) in [6.45, 7) is 1.01. The van der Waals surface area contributed by atoms with E-state index in [2.05, 4.69) is 11.8 Å². The predicted molar refractivity (Wildman–Crippen MR) is 39.9 cm³/mol. The van der Waals surface area contributed by atoms with Crippen molar-refractivity contribution < 1.29 is 4.74 Å². The molecule has 2 aliphatic rings. The van der Waals surface area contributed by atoms with Crippen molar-refractivity contribution in [3.63, 3.8) is 0 Å². The highest BCUT2D eigenvalue weighted by Gasteiger charge is 2.39. The summed E-state index contributed by atoms with van der Waals surface area (Å²) in [5.74, 6) is 2.61. The smallest absolute Gasteiger partial charge is 0.0794 e. The van der Waals surface area contributed by atoms with Gasteiger partial charge in [-0.3, -0.25) is 0 Å². The van der Waals surface area contributed by atoms with Gasteiger partial charge in [0, 0.05) is 12.2 Å². The van der Waals surface area contributed by atoms with Gasteiger partial charge in [-0.15, -0.1) is 0 Å². The summed E-state index contributed by atoms with van der Waals surface area (Å²) in [5.41, 5.74) is 0.364. The van der Waals surface area contributed by atoms with E-state index in [0.717, 1.165) is 6.61 Å². The first-order valence-electron chi connectivity index (χ1n) is 3.63. The van der Waals surface area contributed by atoms with Gasteiger partial charge in [-0.25, -0.2) is 0 Å². The number of hydrogen-bond acceptors (Lipinski definition) is 2. The highest BCUT2D eigenvalue weighted by molar-refractivity contribution is 7.99. The van der Waals surface area contributed by atoms with Crippen LogP contribution < -0.4 is 0 Å². The summed E-state index contributed by atoms with van der Waals surface area (Å²) in [4.78, 5) is 0. The normalized spacial score (nSPS) is 42.7. The standard InChI is InChI=1S/C7H12OS/c1-2-7(3-4-8-7)6-9-5-1/h1-6H2. The predicted octanol–water partition coefficient (Wildman–Crippen LogP) is 1.67. The number of thioether (sulfide) groups is 1. The molecule has 0 saturated carbocycles. The summed E-state index contributed by atoms with van der Waals surface area (Å²) in [6.07, 6.45) is 4.00. The van der Waals surface area contributed by atoms with Crippen molar-refractivity contribution in [1.29, 1.82) is 0 Å². The molecule has 0 amide bonds. The van der Waals surface area contributed by atoms with Crippen molar-refractivity contribution >= 4 is 11.8 Å². The van der Waals surface area contributed by atoms with E-state index in [9.17, 15) is 0 Å². The number of ether oxygens (including phenoxy) is 1. The molecule has 2 heterocycles. The van der Waals surface area contributed by atoms with Gasteiger partial charge in [-0.2, -0.15) is 11.8 Å². The third-order valence-corrected chi connectivity index (χ3v) is 3.56. The average Bonchev–Trinajstić information content (AvgIpc) is 1.87. The van der Waals surface area contributed by atoms with E-state index in [-0.39, 0.29) is 0 Å².